The predicted molar refractivity (Wildman–Crippen MR) is 68.6 cm³/mol. The lowest BCUT2D eigenvalue weighted by atomic mass is 10.1. The molecule has 2 aromatic rings. The van der Waals surface area contributed by atoms with Crippen molar-refractivity contribution in [3.8, 4) is 0 Å². The molecule has 1 aromatic heterocycles. The van der Waals surface area contributed by atoms with E-state index in [1.807, 2.05) is 24.1 Å². The summed E-state index contributed by atoms with van der Waals surface area (Å²) < 4.78 is 5.25. The third-order valence-corrected chi connectivity index (χ3v) is 2.68. The van der Waals surface area contributed by atoms with E-state index in [1.54, 1.807) is 18.4 Å². The average Bonchev–Trinajstić information content (AvgIpc) is 2.81. The van der Waals surface area contributed by atoms with E-state index in [-0.39, 0.29) is 11.3 Å². The molecule has 0 bridgehead atoms. The maximum absolute atomic E-state index is 10.9. The smallest absolute Gasteiger partial charge is 0.337 e. The number of nitrogens with zero attached hydrogens (tertiary/aromatic N) is 1. The van der Waals surface area contributed by atoms with Crippen LogP contribution < -0.4 is 10.6 Å². The van der Waals surface area contributed by atoms with Gasteiger partial charge in [-0.1, -0.05) is 0 Å². The first kappa shape index (κ1) is 12.0. The van der Waals surface area contributed by atoms with Gasteiger partial charge in [-0.25, -0.2) is 4.79 Å². The van der Waals surface area contributed by atoms with Gasteiger partial charge < -0.3 is 20.2 Å². The van der Waals surface area contributed by atoms with Crippen LogP contribution in [-0.2, 0) is 6.54 Å². The van der Waals surface area contributed by atoms with E-state index in [0.29, 0.717) is 6.54 Å². The normalized spacial score (nSPS) is 10.3. The number of carbonyl (C=O) groups is 1. The quantitative estimate of drug-likeness (QED) is 0.808. The van der Waals surface area contributed by atoms with Gasteiger partial charge in [0.15, 0.2) is 0 Å². The second-order valence-electron chi connectivity index (χ2n) is 4.01. The number of carboxylic acid groups (broad SMARTS) is 1. The molecule has 0 saturated heterocycles. The zero-order chi connectivity index (χ0) is 13.1. The van der Waals surface area contributed by atoms with E-state index < -0.39 is 5.97 Å². The molecule has 94 valence electrons. The van der Waals surface area contributed by atoms with Crippen molar-refractivity contribution < 1.29 is 14.3 Å². The Morgan fingerprint density at radius 1 is 1.44 bits per heavy atom. The van der Waals surface area contributed by atoms with Crippen LogP contribution >= 0.6 is 0 Å². The van der Waals surface area contributed by atoms with Crippen LogP contribution in [0.4, 0.5) is 11.4 Å². The molecule has 0 saturated carbocycles. The van der Waals surface area contributed by atoms with Crippen LogP contribution in [0.2, 0.25) is 0 Å². The molecule has 18 heavy (non-hydrogen) atoms. The largest absolute Gasteiger partial charge is 0.478 e. The van der Waals surface area contributed by atoms with Gasteiger partial charge in [-0.3, -0.25) is 0 Å². The molecule has 5 heteroatoms. The van der Waals surface area contributed by atoms with Crippen molar-refractivity contribution in [3.63, 3.8) is 0 Å². The minimum atomic E-state index is -1.02. The highest BCUT2D eigenvalue weighted by Gasteiger charge is 2.10. The number of benzene rings is 1. The molecule has 0 aliphatic carbocycles. The fourth-order valence-corrected chi connectivity index (χ4v) is 1.71. The van der Waals surface area contributed by atoms with Gasteiger partial charge in [0.1, 0.15) is 5.76 Å². The van der Waals surface area contributed by atoms with Crippen LogP contribution in [0, 0.1) is 0 Å². The molecule has 1 heterocycles. The van der Waals surface area contributed by atoms with E-state index in [0.717, 1.165) is 11.4 Å². The molecule has 2 rings (SSSR count). The number of hydrogen-bond donors (Lipinski definition) is 2. The highest BCUT2D eigenvalue weighted by Crippen LogP contribution is 2.22. The number of hydrogen-bond acceptors (Lipinski definition) is 4. The zero-order valence-corrected chi connectivity index (χ0v) is 9.96. The van der Waals surface area contributed by atoms with Gasteiger partial charge in [-0.15, -0.1) is 0 Å². The number of carboxylic acids is 1. The van der Waals surface area contributed by atoms with E-state index in [9.17, 15) is 4.79 Å². The Balaban J connectivity index is 2.18. The Bertz CT molecular complexity index is 549. The monoisotopic (exact) mass is 246 g/mol. The van der Waals surface area contributed by atoms with Gasteiger partial charge in [0, 0.05) is 18.4 Å². The predicted octanol–water partition coefficient (Wildman–Crippen LogP) is 2.20. The first-order chi connectivity index (χ1) is 8.58. The maximum Gasteiger partial charge on any atom is 0.337 e. The molecule has 0 atom stereocenters. The Labute approximate surface area is 104 Å². The second-order valence-corrected chi connectivity index (χ2v) is 4.01. The second kappa shape index (κ2) is 4.83. The van der Waals surface area contributed by atoms with Gasteiger partial charge in [0.05, 0.1) is 18.4 Å². The summed E-state index contributed by atoms with van der Waals surface area (Å²) in [6, 6.07) is 8.58. The minimum absolute atomic E-state index is 0.116. The summed E-state index contributed by atoms with van der Waals surface area (Å²) in [6.45, 7) is 0.596. The highest BCUT2D eigenvalue weighted by atomic mass is 16.4. The summed E-state index contributed by atoms with van der Waals surface area (Å²) in [6.07, 6.45) is 1.62. The van der Waals surface area contributed by atoms with Crippen molar-refractivity contribution in [3.05, 3.63) is 47.9 Å². The molecular formula is C13H14N2O3. The van der Waals surface area contributed by atoms with E-state index in [2.05, 4.69) is 0 Å². The van der Waals surface area contributed by atoms with E-state index in [1.165, 1.54) is 6.07 Å². The van der Waals surface area contributed by atoms with Crippen LogP contribution in [0.15, 0.2) is 41.0 Å². The molecule has 0 aliphatic heterocycles. The lowest BCUT2D eigenvalue weighted by Gasteiger charge is -2.18. The van der Waals surface area contributed by atoms with Gasteiger partial charge in [-0.2, -0.15) is 0 Å². The van der Waals surface area contributed by atoms with Crippen molar-refractivity contribution in [1.29, 1.82) is 0 Å². The topological polar surface area (TPSA) is 79.7 Å². The van der Waals surface area contributed by atoms with Crippen molar-refractivity contribution in [2.45, 2.75) is 6.54 Å². The number of furan rings is 1. The van der Waals surface area contributed by atoms with Crippen LogP contribution in [-0.4, -0.2) is 18.1 Å². The van der Waals surface area contributed by atoms with Crippen LogP contribution in [0.5, 0.6) is 0 Å². The van der Waals surface area contributed by atoms with Gasteiger partial charge in [0.2, 0.25) is 0 Å². The lowest BCUT2D eigenvalue weighted by Crippen LogP contribution is -2.16. The molecule has 0 amide bonds. The molecule has 0 radical (unpaired) electrons. The Hall–Kier alpha value is -2.43. The number of nitrogens with two attached hydrogens (primary N) is 1. The Kier molecular flexibility index (Phi) is 3.23. The molecular weight excluding hydrogens is 232 g/mol. The molecule has 1 aromatic carbocycles. The SMILES string of the molecule is CN(Cc1ccco1)c1ccc(C(=O)O)c(N)c1. The Morgan fingerprint density at radius 2 is 2.22 bits per heavy atom. The molecule has 0 aliphatic rings. The van der Waals surface area contributed by atoms with Gasteiger partial charge in [-0.05, 0) is 30.3 Å². The highest BCUT2D eigenvalue weighted by molar-refractivity contribution is 5.94. The summed E-state index contributed by atoms with van der Waals surface area (Å²) in [4.78, 5) is 12.8. The standard InChI is InChI=1S/C13H14N2O3/c1-15(8-10-3-2-6-18-10)9-4-5-11(13(16)17)12(14)7-9/h2-7H,8,14H2,1H3,(H,16,17). The molecule has 3 N–H and O–H groups in total. The van der Waals surface area contributed by atoms with Crippen molar-refractivity contribution in [2.75, 3.05) is 17.7 Å². The third-order valence-electron chi connectivity index (χ3n) is 2.68. The average molecular weight is 246 g/mol. The summed E-state index contributed by atoms with van der Waals surface area (Å²) in [5, 5.41) is 8.89. The molecule has 0 unspecified atom stereocenters. The first-order valence-corrected chi connectivity index (χ1v) is 5.44. The van der Waals surface area contributed by atoms with Crippen LogP contribution in [0.3, 0.4) is 0 Å². The van der Waals surface area contributed by atoms with Gasteiger partial charge >= 0.3 is 5.97 Å². The zero-order valence-electron chi connectivity index (χ0n) is 9.96. The minimum Gasteiger partial charge on any atom is -0.478 e. The number of rotatable bonds is 4. The number of aromatic carboxylic acids is 1. The number of nitrogen functional groups attached to an aromatic ring is 1. The fourth-order valence-electron chi connectivity index (χ4n) is 1.71. The summed E-state index contributed by atoms with van der Waals surface area (Å²) in [5.74, 6) is -0.189. The van der Waals surface area contributed by atoms with Crippen molar-refractivity contribution >= 4 is 17.3 Å². The van der Waals surface area contributed by atoms with Crippen LogP contribution in [0.25, 0.3) is 0 Å². The molecule has 0 fully saturated rings. The van der Waals surface area contributed by atoms with E-state index in [4.69, 9.17) is 15.3 Å². The maximum atomic E-state index is 10.9. The third kappa shape index (κ3) is 2.45. The lowest BCUT2D eigenvalue weighted by molar-refractivity contribution is 0.0698. The summed E-state index contributed by atoms with van der Waals surface area (Å²) in [5.41, 5.74) is 6.92. The van der Waals surface area contributed by atoms with Crippen LogP contribution in [0.1, 0.15) is 16.1 Å². The number of anilines is 2. The molecule has 5 nitrogen and oxygen atoms in total. The molecule has 0 spiro atoms. The van der Waals surface area contributed by atoms with Crippen molar-refractivity contribution in [1.82, 2.24) is 0 Å². The first-order valence-electron chi connectivity index (χ1n) is 5.44. The van der Waals surface area contributed by atoms with E-state index >= 15 is 0 Å². The van der Waals surface area contributed by atoms with Crippen molar-refractivity contribution in [2.24, 2.45) is 0 Å². The Morgan fingerprint density at radius 3 is 2.78 bits per heavy atom. The fraction of sp³-hybridized carbons (Fsp3) is 0.154. The van der Waals surface area contributed by atoms with Gasteiger partial charge in [0.25, 0.3) is 0 Å². The summed E-state index contributed by atoms with van der Waals surface area (Å²) in [7, 11) is 1.89. The summed E-state index contributed by atoms with van der Waals surface area (Å²) >= 11 is 0.